The molecule has 10 heteroatoms. The highest BCUT2D eigenvalue weighted by Crippen LogP contribution is 2.45. The standard InChI is InChI=1S/C54H44O10/c1-57-45-13-9-29(25-49(45)61-5)37-17-33-21-41-42(22-34(33)18-38(37)30-10-14-46(58-2)50(26-30)62-6)54(56)44-24-36-20-40(32-12-16-48(60-4)52(28-32)64-8)39(19-35(36)23-43(44)53(41)55)31-11-15-47(59-3)51(27-31)63-7/h9-28H,1-8H3. The highest BCUT2D eigenvalue weighted by Gasteiger charge is 2.31. The minimum absolute atomic E-state index is 0.235. The highest BCUT2D eigenvalue weighted by atomic mass is 16.5. The molecule has 8 aromatic rings. The van der Waals surface area contributed by atoms with Gasteiger partial charge in [-0.15, -0.1) is 0 Å². The number of benzene rings is 8. The number of ether oxygens (including phenoxy) is 8. The second kappa shape index (κ2) is 16.7. The Morgan fingerprint density at radius 2 is 0.422 bits per heavy atom. The van der Waals surface area contributed by atoms with Crippen molar-refractivity contribution in [2.45, 2.75) is 0 Å². The van der Waals surface area contributed by atoms with Gasteiger partial charge in [-0.3, -0.25) is 9.59 Å². The van der Waals surface area contributed by atoms with Crippen molar-refractivity contribution < 1.29 is 47.5 Å². The van der Waals surface area contributed by atoms with Crippen molar-refractivity contribution in [2.75, 3.05) is 56.9 Å². The van der Waals surface area contributed by atoms with Crippen molar-refractivity contribution in [3.63, 3.8) is 0 Å². The lowest BCUT2D eigenvalue weighted by molar-refractivity contribution is 0.0979. The Bertz CT molecular complexity index is 2780. The molecule has 0 heterocycles. The molecule has 10 nitrogen and oxygen atoms in total. The minimum Gasteiger partial charge on any atom is -0.493 e. The molecule has 320 valence electrons. The summed E-state index contributed by atoms with van der Waals surface area (Å²) in [5, 5.41) is 3.14. The Balaban J connectivity index is 1.23. The Morgan fingerprint density at radius 1 is 0.234 bits per heavy atom. The van der Waals surface area contributed by atoms with Crippen LogP contribution in [0, 0.1) is 0 Å². The van der Waals surface area contributed by atoms with Crippen LogP contribution in [-0.2, 0) is 0 Å². The molecule has 9 rings (SSSR count). The fraction of sp³-hybridized carbons (Fsp3) is 0.148. The summed E-state index contributed by atoms with van der Waals surface area (Å²) in [6.07, 6.45) is 0. The monoisotopic (exact) mass is 852 g/mol. The van der Waals surface area contributed by atoms with E-state index in [1.807, 2.05) is 121 Å². The molecule has 0 saturated carbocycles. The van der Waals surface area contributed by atoms with Crippen LogP contribution < -0.4 is 37.9 Å². The lowest BCUT2D eigenvalue weighted by atomic mass is 9.80. The Hall–Kier alpha value is -7.98. The lowest BCUT2D eigenvalue weighted by Gasteiger charge is -2.21. The van der Waals surface area contributed by atoms with Crippen molar-refractivity contribution in [3.05, 3.63) is 144 Å². The Kier molecular flexibility index (Phi) is 10.8. The molecule has 0 spiro atoms. The van der Waals surface area contributed by atoms with E-state index in [-0.39, 0.29) is 11.6 Å². The number of carbonyl (C=O) groups is 2. The second-order valence-corrected chi connectivity index (χ2v) is 15.2. The number of hydrogen-bond donors (Lipinski definition) is 0. The van der Waals surface area contributed by atoms with Gasteiger partial charge in [0.2, 0.25) is 0 Å². The van der Waals surface area contributed by atoms with Gasteiger partial charge in [-0.05, 0) is 163 Å². The van der Waals surface area contributed by atoms with Crippen LogP contribution in [0.15, 0.2) is 121 Å². The third-order valence-electron chi connectivity index (χ3n) is 12.0. The second-order valence-electron chi connectivity index (χ2n) is 15.2. The maximum atomic E-state index is 14.7. The molecule has 1 aliphatic rings. The van der Waals surface area contributed by atoms with Gasteiger partial charge >= 0.3 is 0 Å². The number of hydrogen-bond acceptors (Lipinski definition) is 10. The van der Waals surface area contributed by atoms with E-state index < -0.39 is 0 Å². The zero-order valence-electron chi connectivity index (χ0n) is 36.6. The van der Waals surface area contributed by atoms with Crippen molar-refractivity contribution >= 4 is 33.1 Å². The summed E-state index contributed by atoms with van der Waals surface area (Å²) in [6.45, 7) is 0. The van der Waals surface area contributed by atoms with Crippen LogP contribution in [0.4, 0.5) is 0 Å². The van der Waals surface area contributed by atoms with Crippen LogP contribution in [0.3, 0.4) is 0 Å². The molecular weight excluding hydrogens is 809 g/mol. The third kappa shape index (κ3) is 6.93. The topological polar surface area (TPSA) is 108 Å². The quantitative estimate of drug-likeness (QED) is 0.118. The number of methoxy groups -OCH3 is 8. The zero-order chi connectivity index (χ0) is 44.8. The molecule has 0 N–H and O–H groups in total. The lowest BCUT2D eigenvalue weighted by Crippen LogP contribution is -2.21. The van der Waals surface area contributed by atoms with E-state index in [4.69, 9.17) is 37.9 Å². The average Bonchev–Trinajstić information content (AvgIpc) is 3.35. The van der Waals surface area contributed by atoms with Gasteiger partial charge < -0.3 is 37.9 Å². The van der Waals surface area contributed by atoms with E-state index >= 15 is 0 Å². The fourth-order valence-corrected chi connectivity index (χ4v) is 8.71. The van der Waals surface area contributed by atoms with Crippen LogP contribution in [0.25, 0.3) is 66.1 Å². The molecule has 0 unspecified atom stereocenters. The van der Waals surface area contributed by atoms with E-state index in [0.29, 0.717) is 68.2 Å². The molecule has 0 aliphatic heterocycles. The van der Waals surface area contributed by atoms with E-state index in [1.54, 1.807) is 56.9 Å². The van der Waals surface area contributed by atoms with Crippen LogP contribution in [0.2, 0.25) is 0 Å². The van der Waals surface area contributed by atoms with Crippen LogP contribution >= 0.6 is 0 Å². The molecule has 64 heavy (non-hydrogen) atoms. The van der Waals surface area contributed by atoms with E-state index in [2.05, 4.69) is 0 Å². The molecule has 0 amide bonds. The molecule has 0 bridgehead atoms. The van der Waals surface area contributed by atoms with Crippen molar-refractivity contribution in [1.82, 2.24) is 0 Å². The summed E-state index contributed by atoms with van der Waals surface area (Å²) in [4.78, 5) is 29.5. The Labute approximate surface area is 370 Å². The normalized spacial score (nSPS) is 11.8. The number of fused-ring (bicyclic) bond motifs is 4. The summed E-state index contributed by atoms with van der Waals surface area (Å²) < 4.78 is 45.0. The van der Waals surface area contributed by atoms with E-state index in [1.165, 1.54) is 0 Å². The number of rotatable bonds is 12. The Morgan fingerprint density at radius 3 is 0.609 bits per heavy atom. The van der Waals surface area contributed by atoms with Crippen molar-refractivity contribution in [1.29, 1.82) is 0 Å². The molecule has 0 saturated heterocycles. The first-order valence-corrected chi connectivity index (χ1v) is 20.4. The van der Waals surface area contributed by atoms with Crippen molar-refractivity contribution in [3.8, 4) is 90.5 Å². The first-order chi connectivity index (χ1) is 31.1. The fourth-order valence-electron chi connectivity index (χ4n) is 8.71. The minimum atomic E-state index is -0.235. The maximum absolute atomic E-state index is 14.7. The third-order valence-corrected chi connectivity index (χ3v) is 12.0. The summed E-state index contributed by atoms with van der Waals surface area (Å²) >= 11 is 0. The molecule has 0 fully saturated rings. The van der Waals surface area contributed by atoms with E-state index in [9.17, 15) is 9.59 Å². The van der Waals surface area contributed by atoms with E-state index in [0.717, 1.165) is 66.1 Å². The van der Waals surface area contributed by atoms with Gasteiger partial charge in [-0.25, -0.2) is 0 Å². The molecular formula is C54H44O10. The van der Waals surface area contributed by atoms with Crippen LogP contribution in [0.1, 0.15) is 31.8 Å². The average molecular weight is 853 g/mol. The largest absolute Gasteiger partial charge is 0.493 e. The molecule has 0 aromatic heterocycles. The van der Waals surface area contributed by atoms with Crippen LogP contribution in [-0.4, -0.2) is 68.4 Å². The first kappa shape index (κ1) is 41.4. The smallest absolute Gasteiger partial charge is 0.194 e. The molecule has 1 aliphatic carbocycles. The summed E-state index contributed by atoms with van der Waals surface area (Å²) in [5.74, 6) is 4.18. The highest BCUT2D eigenvalue weighted by molar-refractivity contribution is 6.31. The first-order valence-electron chi connectivity index (χ1n) is 20.4. The maximum Gasteiger partial charge on any atom is 0.194 e. The van der Waals surface area contributed by atoms with Gasteiger partial charge in [-0.2, -0.15) is 0 Å². The SMILES string of the molecule is COc1ccc(-c2cc3cc4c(cc3cc2-c2ccc(OC)c(OC)c2)C(=O)c2cc3cc(-c5ccc(OC)c(OC)c5)c(-c5ccc(OC)c(OC)c5)cc3cc2C4=O)cc1OC. The summed E-state index contributed by atoms with van der Waals surface area (Å²) in [7, 11) is 12.8. The van der Waals surface area contributed by atoms with Gasteiger partial charge in [-0.1, -0.05) is 24.3 Å². The van der Waals surface area contributed by atoms with Crippen LogP contribution in [0.5, 0.6) is 46.0 Å². The van der Waals surface area contributed by atoms with Gasteiger partial charge in [0.1, 0.15) is 0 Å². The molecule has 0 atom stereocenters. The molecule has 0 radical (unpaired) electrons. The van der Waals surface area contributed by atoms with Gasteiger partial charge in [0.05, 0.1) is 56.9 Å². The number of carbonyl (C=O) groups excluding carboxylic acids is 2. The van der Waals surface area contributed by atoms with Gasteiger partial charge in [0.25, 0.3) is 0 Å². The molecule has 8 aromatic carbocycles. The predicted molar refractivity (Wildman–Crippen MR) is 249 cm³/mol. The summed E-state index contributed by atoms with van der Waals surface area (Å²) in [6, 6.07) is 38.5. The summed E-state index contributed by atoms with van der Waals surface area (Å²) in [5.41, 5.74) is 8.27. The zero-order valence-corrected chi connectivity index (χ0v) is 36.6. The van der Waals surface area contributed by atoms with Crippen molar-refractivity contribution in [2.24, 2.45) is 0 Å². The van der Waals surface area contributed by atoms with Gasteiger partial charge in [0, 0.05) is 22.3 Å². The number of ketones is 2. The van der Waals surface area contributed by atoms with Gasteiger partial charge in [0.15, 0.2) is 57.6 Å². The predicted octanol–water partition coefficient (Wildman–Crippen LogP) is 11.5.